The fraction of sp³-hybridized carbons (Fsp3) is 0.818. The van der Waals surface area contributed by atoms with Crippen molar-refractivity contribution in [2.24, 2.45) is 0 Å². The summed E-state index contributed by atoms with van der Waals surface area (Å²) in [7, 11) is 0. The normalized spacial score (nSPS) is 51.3. The smallest absolute Gasteiger partial charge is 0.166 e. The lowest BCUT2D eigenvalue weighted by atomic mass is 9.81. The van der Waals surface area contributed by atoms with Crippen molar-refractivity contribution in [3.05, 3.63) is 11.6 Å². The van der Waals surface area contributed by atoms with Gasteiger partial charge in [0.25, 0.3) is 0 Å². The van der Waals surface area contributed by atoms with Gasteiger partial charge < -0.3 is 14.6 Å². The Morgan fingerprint density at radius 2 is 2.43 bits per heavy atom. The van der Waals surface area contributed by atoms with E-state index in [-0.39, 0.29) is 11.7 Å². The molecule has 0 amide bonds. The first-order chi connectivity index (χ1) is 6.62. The summed E-state index contributed by atoms with van der Waals surface area (Å²) in [6.45, 7) is 2.43. The summed E-state index contributed by atoms with van der Waals surface area (Å²) in [5.41, 5.74) is 0.980. The van der Waals surface area contributed by atoms with Crippen molar-refractivity contribution in [2.45, 2.75) is 50.1 Å². The van der Waals surface area contributed by atoms with Crippen LogP contribution >= 0.6 is 0 Å². The third-order valence-electron chi connectivity index (χ3n) is 3.61. The van der Waals surface area contributed by atoms with Gasteiger partial charge in [-0.25, -0.2) is 0 Å². The highest BCUT2D eigenvalue weighted by molar-refractivity contribution is 5.29. The van der Waals surface area contributed by atoms with Crippen LogP contribution < -0.4 is 0 Å². The summed E-state index contributed by atoms with van der Waals surface area (Å²) in [5.74, 6) is -0.998. The second-order valence-electron chi connectivity index (χ2n) is 4.79. The number of rotatable bonds is 0. The van der Waals surface area contributed by atoms with Crippen molar-refractivity contribution >= 4 is 0 Å². The number of hydrogen-bond donors (Lipinski definition) is 1. The van der Waals surface area contributed by atoms with E-state index in [4.69, 9.17) is 9.47 Å². The predicted molar refractivity (Wildman–Crippen MR) is 50.7 cm³/mol. The van der Waals surface area contributed by atoms with Gasteiger partial charge in [0.2, 0.25) is 0 Å². The Balaban J connectivity index is 2.01. The quantitative estimate of drug-likeness (QED) is 0.594. The minimum atomic E-state index is -0.998. The van der Waals surface area contributed by atoms with E-state index in [1.54, 1.807) is 6.92 Å². The second kappa shape index (κ2) is 2.60. The first-order valence-corrected chi connectivity index (χ1v) is 5.36. The van der Waals surface area contributed by atoms with Crippen molar-refractivity contribution in [1.29, 1.82) is 0 Å². The zero-order chi connectivity index (χ0) is 9.81. The van der Waals surface area contributed by atoms with Crippen LogP contribution in [0.3, 0.4) is 0 Å². The zero-order valence-electron chi connectivity index (χ0n) is 8.45. The van der Waals surface area contributed by atoms with E-state index in [2.05, 4.69) is 6.08 Å². The van der Waals surface area contributed by atoms with E-state index in [1.165, 1.54) is 5.57 Å². The van der Waals surface area contributed by atoms with Crippen LogP contribution in [0.2, 0.25) is 0 Å². The van der Waals surface area contributed by atoms with Crippen molar-refractivity contribution in [3.63, 3.8) is 0 Å². The number of allylic oxidation sites excluding steroid dienone is 1. The van der Waals surface area contributed by atoms with Gasteiger partial charge in [0, 0.05) is 6.42 Å². The number of ether oxygens (including phenoxy) is 2. The Morgan fingerprint density at radius 1 is 1.57 bits per heavy atom. The maximum Gasteiger partial charge on any atom is 0.166 e. The Hall–Kier alpha value is -0.380. The molecule has 0 aromatic heterocycles. The summed E-state index contributed by atoms with van der Waals surface area (Å²) in [6, 6.07) is 0. The third kappa shape index (κ3) is 1.03. The van der Waals surface area contributed by atoms with E-state index in [1.807, 2.05) is 0 Å². The van der Waals surface area contributed by atoms with Gasteiger partial charge in [-0.3, -0.25) is 0 Å². The molecule has 2 heterocycles. The lowest BCUT2D eigenvalue weighted by Gasteiger charge is -2.33. The third-order valence-corrected chi connectivity index (χ3v) is 3.61. The molecule has 0 aromatic carbocycles. The van der Waals surface area contributed by atoms with Crippen LogP contribution in [0.4, 0.5) is 0 Å². The van der Waals surface area contributed by atoms with Gasteiger partial charge in [-0.05, 0) is 31.8 Å². The average molecular weight is 196 g/mol. The SMILES string of the molecule is C[C@]1(O)C[C@@H]2OCC3=CCCC[C@]32O1. The van der Waals surface area contributed by atoms with Gasteiger partial charge in [-0.2, -0.15) is 0 Å². The summed E-state index contributed by atoms with van der Waals surface area (Å²) in [4.78, 5) is 0. The van der Waals surface area contributed by atoms with Crippen LogP contribution in [-0.4, -0.2) is 29.2 Å². The molecule has 3 aliphatic rings. The Labute approximate surface area is 83.7 Å². The molecule has 2 aliphatic heterocycles. The standard InChI is InChI=1S/C11H16O3/c1-10(12)6-9-11(14-10)5-3-2-4-8(11)7-13-9/h4,9,12H,2-3,5-7H2,1H3/t9-,10+,11-/m0/s1. The first-order valence-electron chi connectivity index (χ1n) is 5.36. The molecule has 0 bridgehead atoms. The van der Waals surface area contributed by atoms with E-state index in [0.717, 1.165) is 19.3 Å². The Morgan fingerprint density at radius 3 is 3.29 bits per heavy atom. The molecule has 1 spiro atoms. The maximum absolute atomic E-state index is 9.90. The topological polar surface area (TPSA) is 38.7 Å². The molecule has 14 heavy (non-hydrogen) atoms. The van der Waals surface area contributed by atoms with Crippen molar-refractivity contribution in [1.82, 2.24) is 0 Å². The van der Waals surface area contributed by atoms with Crippen LogP contribution in [0.15, 0.2) is 11.6 Å². The Bertz CT molecular complexity index is 295. The highest BCUT2D eigenvalue weighted by atomic mass is 16.7. The molecule has 78 valence electrons. The molecule has 3 atom stereocenters. The molecule has 2 saturated heterocycles. The van der Waals surface area contributed by atoms with Gasteiger partial charge in [0.1, 0.15) is 5.60 Å². The molecule has 0 radical (unpaired) electrons. The van der Waals surface area contributed by atoms with Crippen LogP contribution in [0.5, 0.6) is 0 Å². The molecule has 2 fully saturated rings. The highest BCUT2D eigenvalue weighted by Crippen LogP contribution is 2.51. The molecular weight excluding hydrogens is 180 g/mol. The molecule has 1 aliphatic carbocycles. The average Bonchev–Trinajstić information content (AvgIpc) is 2.53. The summed E-state index contributed by atoms with van der Waals surface area (Å²) in [6.07, 6.45) is 6.16. The van der Waals surface area contributed by atoms with E-state index in [9.17, 15) is 5.11 Å². The maximum atomic E-state index is 9.90. The van der Waals surface area contributed by atoms with Crippen molar-refractivity contribution in [3.8, 4) is 0 Å². The first kappa shape index (κ1) is 8.89. The van der Waals surface area contributed by atoms with Gasteiger partial charge in [0.05, 0.1) is 12.7 Å². The molecule has 0 unspecified atom stereocenters. The summed E-state index contributed by atoms with van der Waals surface area (Å²) >= 11 is 0. The molecule has 0 aromatic rings. The monoisotopic (exact) mass is 196 g/mol. The molecule has 3 nitrogen and oxygen atoms in total. The highest BCUT2D eigenvalue weighted by Gasteiger charge is 2.59. The Kier molecular flexibility index (Phi) is 1.65. The van der Waals surface area contributed by atoms with Crippen LogP contribution in [0.25, 0.3) is 0 Å². The molecule has 1 N–H and O–H groups in total. The van der Waals surface area contributed by atoms with Crippen molar-refractivity contribution in [2.75, 3.05) is 6.61 Å². The zero-order valence-corrected chi connectivity index (χ0v) is 8.45. The van der Waals surface area contributed by atoms with Crippen molar-refractivity contribution < 1.29 is 14.6 Å². The van der Waals surface area contributed by atoms with E-state index >= 15 is 0 Å². The number of aliphatic hydroxyl groups is 1. The fourth-order valence-electron chi connectivity index (χ4n) is 3.03. The summed E-state index contributed by atoms with van der Waals surface area (Å²) < 4.78 is 11.5. The molecule has 3 heteroatoms. The van der Waals surface area contributed by atoms with Gasteiger partial charge in [0.15, 0.2) is 5.79 Å². The van der Waals surface area contributed by atoms with Crippen LogP contribution in [0, 0.1) is 0 Å². The molecule has 0 saturated carbocycles. The van der Waals surface area contributed by atoms with Gasteiger partial charge in [-0.15, -0.1) is 0 Å². The summed E-state index contributed by atoms with van der Waals surface area (Å²) in [5, 5.41) is 9.90. The predicted octanol–water partition coefficient (Wildman–Crippen LogP) is 1.36. The lowest BCUT2D eigenvalue weighted by molar-refractivity contribution is -0.203. The van der Waals surface area contributed by atoms with E-state index < -0.39 is 5.79 Å². The minimum Gasteiger partial charge on any atom is -0.370 e. The fourth-order valence-corrected chi connectivity index (χ4v) is 3.03. The van der Waals surface area contributed by atoms with Gasteiger partial charge >= 0.3 is 0 Å². The van der Waals surface area contributed by atoms with Crippen LogP contribution in [0.1, 0.15) is 32.6 Å². The lowest BCUT2D eigenvalue weighted by Crippen LogP contribution is -2.39. The second-order valence-corrected chi connectivity index (χ2v) is 4.79. The molecule has 3 rings (SSSR count). The largest absolute Gasteiger partial charge is 0.370 e. The van der Waals surface area contributed by atoms with Gasteiger partial charge in [-0.1, -0.05) is 6.08 Å². The van der Waals surface area contributed by atoms with E-state index in [0.29, 0.717) is 13.0 Å². The molecular formula is C11H16O3. The minimum absolute atomic E-state index is 0.0732. The number of hydrogen-bond acceptors (Lipinski definition) is 3. The van der Waals surface area contributed by atoms with Crippen LogP contribution in [-0.2, 0) is 9.47 Å².